The zero-order valence-electron chi connectivity index (χ0n) is 23.0. The summed E-state index contributed by atoms with van der Waals surface area (Å²) in [7, 11) is 0. The molecule has 5 heteroatoms. The molecule has 6 aromatic rings. The number of aliphatic imine (C=N–C) groups is 2. The fourth-order valence-corrected chi connectivity index (χ4v) is 5.99. The van der Waals surface area contributed by atoms with Crippen molar-refractivity contribution in [3.63, 3.8) is 0 Å². The van der Waals surface area contributed by atoms with Crippen LogP contribution in [0.2, 0.25) is 0 Å². The number of rotatable bonds is 8. The van der Waals surface area contributed by atoms with Gasteiger partial charge in [-0.2, -0.15) is 9.98 Å². The summed E-state index contributed by atoms with van der Waals surface area (Å²) in [6, 6.07) is 48.5. The lowest BCUT2D eigenvalue weighted by Crippen LogP contribution is -1.86. The molecule has 0 N–H and O–H groups in total. The van der Waals surface area contributed by atoms with E-state index in [1.165, 1.54) is 0 Å². The fourth-order valence-electron chi connectivity index (χ4n) is 5.18. The highest BCUT2D eigenvalue weighted by Crippen LogP contribution is 2.40. The lowest BCUT2D eigenvalue weighted by Gasteiger charge is -2.13. The van der Waals surface area contributed by atoms with Gasteiger partial charge in [0.1, 0.15) is 0 Å². The Balaban J connectivity index is 1.24. The molecule has 0 aliphatic heterocycles. The van der Waals surface area contributed by atoms with Crippen molar-refractivity contribution in [2.75, 3.05) is 0 Å². The first-order valence-corrected chi connectivity index (χ1v) is 14.5. The maximum atomic E-state index is 11.0. The van der Waals surface area contributed by atoms with Crippen LogP contribution < -0.4 is 0 Å². The zero-order valence-corrected chi connectivity index (χ0v) is 23.8. The van der Waals surface area contributed by atoms with Crippen molar-refractivity contribution in [3.05, 3.63) is 146 Å². The van der Waals surface area contributed by atoms with Crippen LogP contribution in [0.25, 0.3) is 44.5 Å². The molecule has 0 aromatic heterocycles. The molecule has 6 rings (SSSR count). The number of nitrogens with zero attached hydrogens (tertiary/aromatic N) is 2. The summed E-state index contributed by atoms with van der Waals surface area (Å²) >= 11 is 1.70. The lowest BCUT2D eigenvalue weighted by molar-refractivity contribution is 0.564. The minimum Gasteiger partial charge on any atom is -0.211 e. The van der Waals surface area contributed by atoms with Gasteiger partial charge >= 0.3 is 0 Å². The molecule has 0 bridgehead atoms. The predicted molar refractivity (Wildman–Crippen MR) is 174 cm³/mol. The minimum atomic E-state index is 0.599. The third-order valence-corrected chi connectivity index (χ3v) is 8.16. The number of hydrogen-bond acceptors (Lipinski definition) is 5. The van der Waals surface area contributed by atoms with Crippen molar-refractivity contribution in [2.45, 2.75) is 9.79 Å². The zero-order chi connectivity index (χ0) is 29.4. The van der Waals surface area contributed by atoms with Crippen LogP contribution in [0.5, 0.6) is 0 Å². The monoisotopic (exact) mass is 572 g/mol. The number of benzene rings is 6. The molecule has 0 radical (unpaired) electrons. The van der Waals surface area contributed by atoms with Gasteiger partial charge in [0.2, 0.25) is 12.2 Å². The average molecular weight is 573 g/mol. The van der Waals surface area contributed by atoms with E-state index in [9.17, 15) is 9.59 Å². The lowest BCUT2D eigenvalue weighted by atomic mass is 9.94. The number of isocyanates is 2. The summed E-state index contributed by atoms with van der Waals surface area (Å²) in [5.74, 6) is 0. The molecule has 6 aromatic carbocycles. The largest absolute Gasteiger partial charge is 0.240 e. The van der Waals surface area contributed by atoms with Crippen molar-refractivity contribution in [3.8, 4) is 44.5 Å². The molecule has 4 nitrogen and oxygen atoms in total. The van der Waals surface area contributed by atoms with Crippen LogP contribution in [0.3, 0.4) is 0 Å². The van der Waals surface area contributed by atoms with Crippen LogP contribution in [-0.4, -0.2) is 12.2 Å². The van der Waals surface area contributed by atoms with Crippen LogP contribution in [0.15, 0.2) is 165 Å². The Morgan fingerprint density at radius 1 is 0.372 bits per heavy atom. The summed E-state index contributed by atoms with van der Waals surface area (Å²) in [5.41, 5.74) is 9.29. The molecule has 0 saturated heterocycles. The summed E-state index contributed by atoms with van der Waals surface area (Å²) in [6.07, 6.45) is 3.34. The van der Waals surface area contributed by atoms with Crippen molar-refractivity contribution < 1.29 is 9.59 Å². The van der Waals surface area contributed by atoms with Gasteiger partial charge in [0.25, 0.3) is 0 Å². The molecule has 43 heavy (non-hydrogen) atoms. The second-order valence-electron chi connectivity index (χ2n) is 9.68. The number of para-hydroxylation sites is 2. The van der Waals surface area contributed by atoms with Crippen molar-refractivity contribution in [1.29, 1.82) is 0 Å². The summed E-state index contributed by atoms with van der Waals surface area (Å²) in [6.45, 7) is 0. The molecule has 0 fully saturated rings. The molecule has 0 spiro atoms. The fraction of sp³-hybridized carbons (Fsp3) is 0. The van der Waals surface area contributed by atoms with Crippen LogP contribution in [0.4, 0.5) is 11.4 Å². The molecular weight excluding hydrogens is 548 g/mol. The quantitative estimate of drug-likeness (QED) is 0.135. The second kappa shape index (κ2) is 12.9. The molecule has 0 saturated carbocycles. The minimum absolute atomic E-state index is 0.599. The molecule has 0 amide bonds. The van der Waals surface area contributed by atoms with Crippen molar-refractivity contribution in [1.82, 2.24) is 0 Å². The molecule has 0 unspecified atom stereocenters. The van der Waals surface area contributed by atoms with Crippen LogP contribution in [0, 0.1) is 0 Å². The van der Waals surface area contributed by atoms with Gasteiger partial charge in [-0.05, 0) is 69.8 Å². The number of hydrogen-bond donors (Lipinski definition) is 0. The van der Waals surface area contributed by atoms with E-state index in [4.69, 9.17) is 0 Å². The first-order chi connectivity index (χ1) is 21.2. The Morgan fingerprint density at radius 3 is 1.07 bits per heavy atom. The first-order valence-electron chi connectivity index (χ1n) is 13.7. The van der Waals surface area contributed by atoms with Gasteiger partial charge in [-0.1, -0.05) is 121 Å². The van der Waals surface area contributed by atoms with Crippen LogP contribution >= 0.6 is 11.8 Å². The molecule has 204 valence electrons. The van der Waals surface area contributed by atoms with Crippen molar-refractivity contribution >= 4 is 35.3 Å². The van der Waals surface area contributed by atoms with E-state index in [1.54, 1.807) is 23.9 Å². The van der Waals surface area contributed by atoms with E-state index in [-0.39, 0.29) is 0 Å². The standard InChI is InChI=1S/C38H24N2O2S/c41-25-39-37-15-7-5-13-35(37)33-11-3-1-9-31(33)27-17-21-29(22-18-27)43-30-23-19-28(20-24-30)32-10-2-4-12-34(32)36-14-6-8-16-38(36)40-26-42/h1-24H. The van der Waals surface area contributed by atoms with E-state index in [0.717, 1.165) is 54.3 Å². The molecule has 0 aliphatic rings. The predicted octanol–water partition coefficient (Wildman–Crippen LogP) is 10.4. The van der Waals surface area contributed by atoms with Gasteiger partial charge in [0.05, 0.1) is 11.4 Å². The molecule has 0 atom stereocenters. The highest BCUT2D eigenvalue weighted by atomic mass is 32.2. The maximum Gasteiger partial charge on any atom is 0.240 e. The highest BCUT2D eigenvalue weighted by molar-refractivity contribution is 7.99. The smallest absolute Gasteiger partial charge is 0.211 e. The van der Waals surface area contributed by atoms with E-state index in [1.807, 2.05) is 84.9 Å². The summed E-state index contributed by atoms with van der Waals surface area (Å²) < 4.78 is 0. The topological polar surface area (TPSA) is 58.9 Å². The van der Waals surface area contributed by atoms with Crippen LogP contribution in [0.1, 0.15) is 0 Å². The first kappa shape index (κ1) is 27.6. The van der Waals surface area contributed by atoms with E-state index >= 15 is 0 Å². The van der Waals surface area contributed by atoms with Gasteiger partial charge in [-0.25, -0.2) is 9.59 Å². The SMILES string of the molecule is O=C=Nc1ccccc1-c1ccccc1-c1ccc(Sc2ccc(-c3ccccc3-c3ccccc3N=C=O)cc2)cc1. The Labute approximate surface area is 254 Å². The Bertz CT molecular complexity index is 1860. The summed E-state index contributed by atoms with van der Waals surface area (Å²) in [4.78, 5) is 32.0. The second-order valence-corrected chi connectivity index (χ2v) is 10.8. The van der Waals surface area contributed by atoms with Gasteiger partial charge in [0.15, 0.2) is 0 Å². The third-order valence-electron chi connectivity index (χ3n) is 7.14. The Morgan fingerprint density at radius 2 is 0.698 bits per heavy atom. The third kappa shape index (κ3) is 6.06. The molecule has 0 aliphatic carbocycles. The van der Waals surface area contributed by atoms with E-state index in [2.05, 4.69) is 70.6 Å². The van der Waals surface area contributed by atoms with Gasteiger partial charge in [-0.3, -0.25) is 0 Å². The van der Waals surface area contributed by atoms with Crippen molar-refractivity contribution in [2.24, 2.45) is 9.98 Å². The Hall–Kier alpha value is -5.57. The average Bonchev–Trinajstić information content (AvgIpc) is 3.06. The number of carbonyl (C=O) groups excluding carboxylic acids is 2. The van der Waals surface area contributed by atoms with Gasteiger partial charge < -0.3 is 0 Å². The Kier molecular flexibility index (Phi) is 8.31. The maximum absolute atomic E-state index is 11.0. The van der Waals surface area contributed by atoms with Gasteiger partial charge in [-0.15, -0.1) is 0 Å². The van der Waals surface area contributed by atoms with E-state index in [0.29, 0.717) is 11.4 Å². The van der Waals surface area contributed by atoms with Crippen LogP contribution in [-0.2, 0) is 9.59 Å². The van der Waals surface area contributed by atoms with Gasteiger partial charge in [0, 0.05) is 20.9 Å². The normalized spacial score (nSPS) is 10.4. The highest BCUT2D eigenvalue weighted by Gasteiger charge is 2.12. The molecule has 0 heterocycles. The van der Waals surface area contributed by atoms with E-state index < -0.39 is 0 Å². The summed E-state index contributed by atoms with van der Waals surface area (Å²) in [5, 5.41) is 0. The molecular formula is C38H24N2O2S.